The van der Waals surface area contributed by atoms with Crippen molar-refractivity contribution >= 4 is 23.4 Å². The van der Waals surface area contributed by atoms with Crippen LogP contribution in [0.2, 0.25) is 0 Å². The molecule has 0 saturated carbocycles. The highest BCUT2D eigenvalue weighted by Crippen LogP contribution is 2.24. The molecule has 0 bridgehead atoms. The summed E-state index contributed by atoms with van der Waals surface area (Å²) in [6.07, 6.45) is -1.13. The molecule has 2 fully saturated rings. The zero-order chi connectivity index (χ0) is 22.6. The first-order chi connectivity index (χ1) is 15.4. The van der Waals surface area contributed by atoms with E-state index in [2.05, 4.69) is 30.1 Å². The second-order valence-electron chi connectivity index (χ2n) is 7.77. The predicted octanol–water partition coefficient (Wildman–Crippen LogP) is 3.72. The number of benzene rings is 1. The van der Waals surface area contributed by atoms with Gasteiger partial charge in [-0.15, -0.1) is 23.4 Å². The molecule has 0 aliphatic carbocycles. The number of amides is 2. The first-order valence-electron chi connectivity index (χ1n) is 10.6. The monoisotopic (exact) mass is 450 g/mol. The Hall–Kier alpha value is -3.24. The fraction of sp³-hybridized carbons (Fsp3) is 0.476. The molecule has 0 spiro atoms. The molecule has 8 nitrogen and oxygen atoms in total. The van der Waals surface area contributed by atoms with Crippen molar-refractivity contribution in [3.8, 4) is 5.75 Å². The normalized spacial score (nSPS) is 17.3. The molecule has 0 atom stereocenters. The van der Waals surface area contributed by atoms with Crippen molar-refractivity contribution in [3.05, 3.63) is 36.4 Å². The van der Waals surface area contributed by atoms with Gasteiger partial charge in [0.05, 0.1) is 0 Å². The van der Waals surface area contributed by atoms with Crippen LogP contribution in [0.4, 0.5) is 35.3 Å². The summed E-state index contributed by atoms with van der Waals surface area (Å²) >= 11 is 0. The molecular formula is C21H25F3N6O2. The lowest BCUT2D eigenvalue weighted by Gasteiger charge is -2.35. The van der Waals surface area contributed by atoms with Crippen molar-refractivity contribution in [1.29, 1.82) is 0 Å². The Bertz CT molecular complexity index is 893. The molecule has 11 heteroatoms. The van der Waals surface area contributed by atoms with Crippen molar-refractivity contribution < 1.29 is 22.7 Å². The highest BCUT2D eigenvalue weighted by molar-refractivity contribution is 5.89. The van der Waals surface area contributed by atoms with E-state index >= 15 is 0 Å². The summed E-state index contributed by atoms with van der Waals surface area (Å²) in [7, 11) is 0. The van der Waals surface area contributed by atoms with Crippen LogP contribution in [0.15, 0.2) is 36.4 Å². The number of ether oxygens (including phenoxy) is 1. The van der Waals surface area contributed by atoms with E-state index in [1.165, 1.54) is 31.4 Å². The van der Waals surface area contributed by atoms with E-state index in [-0.39, 0.29) is 11.8 Å². The molecule has 172 valence electrons. The third kappa shape index (κ3) is 5.71. The van der Waals surface area contributed by atoms with E-state index in [1.54, 1.807) is 4.90 Å². The van der Waals surface area contributed by atoms with E-state index < -0.39 is 6.36 Å². The molecule has 0 unspecified atom stereocenters. The average Bonchev–Trinajstić information content (AvgIpc) is 2.80. The predicted molar refractivity (Wildman–Crippen MR) is 114 cm³/mol. The second-order valence-corrected chi connectivity index (χ2v) is 7.77. The zero-order valence-electron chi connectivity index (χ0n) is 17.5. The zero-order valence-corrected chi connectivity index (χ0v) is 17.5. The molecular weight excluding hydrogens is 425 g/mol. The van der Waals surface area contributed by atoms with Crippen LogP contribution >= 0.6 is 0 Å². The summed E-state index contributed by atoms with van der Waals surface area (Å²) in [6, 6.07) is 8.72. The number of carbonyl (C=O) groups excluding carboxylic acids is 1. The molecule has 4 rings (SSSR count). The van der Waals surface area contributed by atoms with Crippen LogP contribution in [0.3, 0.4) is 0 Å². The van der Waals surface area contributed by atoms with Gasteiger partial charge in [-0.25, -0.2) is 4.79 Å². The lowest BCUT2D eigenvalue weighted by molar-refractivity contribution is -0.274. The van der Waals surface area contributed by atoms with E-state index in [4.69, 9.17) is 0 Å². The number of nitrogens with zero attached hydrogens (tertiary/aromatic N) is 5. The molecule has 1 aromatic heterocycles. The summed E-state index contributed by atoms with van der Waals surface area (Å²) in [5.41, 5.74) is 0.395. The van der Waals surface area contributed by atoms with Gasteiger partial charge in [-0.05, 0) is 55.7 Å². The number of alkyl halides is 3. The summed E-state index contributed by atoms with van der Waals surface area (Å²) in [6.45, 7) is 4.25. The minimum Gasteiger partial charge on any atom is -0.406 e. The maximum absolute atomic E-state index is 12.5. The van der Waals surface area contributed by atoms with Crippen LogP contribution in [0.5, 0.6) is 5.75 Å². The topological polar surface area (TPSA) is 73.8 Å². The van der Waals surface area contributed by atoms with Crippen LogP contribution < -0.4 is 19.9 Å². The number of carbonyl (C=O) groups is 1. The van der Waals surface area contributed by atoms with Gasteiger partial charge in [0.1, 0.15) is 5.75 Å². The number of aromatic nitrogens is 2. The quantitative estimate of drug-likeness (QED) is 0.766. The van der Waals surface area contributed by atoms with Gasteiger partial charge >= 0.3 is 12.4 Å². The van der Waals surface area contributed by atoms with Crippen LogP contribution in [-0.4, -0.2) is 66.8 Å². The van der Waals surface area contributed by atoms with E-state index in [0.717, 1.165) is 36.9 Å². The first kappa shape index (κ1) is 22.0. The fourth-order valence-electron chi connectivity index (χ4n) is 3.86. The SMILES string of the molecule is O=C(Nc1ccc(OC(F)(F)F)cc1)N1CCN(c2ccc(N3CCCCC3)nn2)CC1. The van der Waals surface area contributed by atoms with Gasteiger partial charge in [0.15, 0.2) is 11.6 Å². The van der Waals surface area contributed by atoms with Crippen molar-refractivity contribution in [2.24, 2.45) is 0 Å². The van der Waals surface area contributed by atoms with E-state index in [1.807, 2.05) is 12.1 Å². The molecule has 32 heavy (non-hydrogen) atoms. The fourth-order valence-corrected chi connectivity index (χ4v) is 3.86. The van der Waals surface area contributed by atoms with Crippen molar-refractivity contribution in [2.45, 2.75) is 25.6 Å². The van der Waals surface area contributed by atoms with Gasteiger partial charge < -0.3 is 24.8 Å². The Kier molecular flexibility index (Phi) is 6.52. The molecule has 2 aliphatic heterocycles. The van der Waals surface area contributed by atoms with Gasteiger partial charge in [0, 0.05) is 45.0 Å². The summed E-state index contributed by atoms with van der Waals surface area (Å²) in [4.78, 5) is 18.5. The Morgan fingerprint density at radius 2 is 1.38 bits per heavy atom. The molecule has 3 heterocycles. The third-order valence-electron chi connectivity index (χ3n) is 5.55. The molecule has 2 saturated heterocycles. The number of piperazine rings is 1. The summed E-state index contributed by atoms with van der Waals surface area (Å²) in [5, 5.41) is 11.4. The molecule has 2 aromatic rings. The second kappa shape index (κ2) is 9.49. The maximum Gasteiger partial charge on any atom is 0.573 e. The summed E-state index contributed by atoms with van der Waals surface area (Å²) < 4.78 is 40.6. The van der Waals surface area contributed by atoms with E-state index in [9.17, 15) is 18.0 Å². The Balaban J connectivity index is 1.26. The average molecular weight is 450 g/mol. The highest BCUT2D eigenvalue weighted by atomic mass is 19.4. The van der Waals surface area contributed by atoms with Crippen molar-refractivity contribution in [3.63, 3.8) is 0 Å². The highest BCUT2D eigenvalue weighted by Gasteiger charge is 2.31. The number of halogens is 3. The van der Waals surface area contributed by atoms with Crippen LogP contribution in [-0.2, 0) is 0 Å². The lowest BCUT2D eigenvalue weighted by Crippen LogP contribution is -2.50. The smallest absolute Gasteiger partial charge is 0.406 e. The lowest BCUT2D eigenvalue weighted by atomic mass is 10.1. The maximum atomic E-state index is 12.5. The Morgan fingerprint density at radius 3 is 1.91 bits per heavy atom. The molecule has 1 N–H and O–H groups in total. The minimum absolute atomic E-state index is 0.305. The number of piperidine rings is 1. The number of urea groups is 1. The number of hydrogen-bond acceptors (Lipinski definition) is 6. The van der Waals surface area contributed by atoms with Crippen molar-refractivity contribution in [2.75, 3.05) is 54.4 Å². The van der Waals surface area contributed by atoms with Crippen LogP contribution in [0.25, 0.3) is 0 Å². The molecule has 2 aliphatic rings. The number of anilines is 3. The van der Waals surface area contributed by atoms with Gasteiger partial charge in [-0.1, -0.05) is 0 Å². The third-order valence-corrected chi connectivity index (χ3v) is 5.55. The number of nitrogens with one attached hydrogen (secondary N) is 1. The number of hydrogen-bond donors (Lipinski definition) is 1. The van der Waals surface area contributed by atoms with Crippen LogP contribution in [0, 0.1) is 0 Å². The Morgan fingerprint density at radius 1 is 0.812 bits per heavy atom. The minimum atomic E-state index is -4.75. The molecule has 2 amide bonds. The first-order valence-corrected chi connectivity index (χ1v) is 10.6. The standard InChI is InChI=1S/C21H25F3N6O2/c22-21(23,24)32-17-6-4-16(5-7-17)25-20(31)30-14-12-29(13-15-30)19-9-8-18(26-27-19)28-10-2-1-3-11-28/h4-9H,1-3,10-15H2,(H,25,31). The largest absolute Gasteiger partial charge is 0.573 e. The summed E-state index contributed by atoms with van der Waals surface area (Å²) in [5.74, 6) is 1.35. The Labute approximate surface area is 183 Å². The van der Waals surface area contributed by atoms with Crippen LogP contribution in [0.1, 0.15) is 19.3 Å². The van der Waals surface area contributed by atoms with Crippen molar-refractivity contribution in [1.82, 2.24) is 15.1 Å². The van der Waals surface area contributed by atoms with E-state index in [0.29, 0.717) is 31.9 Å². The van der Waals surface area contributed by atoms with Gasteiger partial charge in [-0.2, -0.15) is 0 Å². The molecule has 1 aromatic carbocycles. The van der Waals surface area contributed by atoms with Gasteiger partial charge in [0.25, 0.3) is 0 Å². The van der Waals surface area contributed by atoms with Gasteiger partial charge in [0.2, 0.25) is 0 Å². The molecule has 0 radical (unpaired) electrons. The number of rotatable bonds is 4. The van der Waals surface area contributed by atoms with Gasteiger partial charge in [-0.3, -0.25) is 0 Å².